The molecule has 2 saturated heterocycles. The molecule has 0 unspecified atom stereocenters. The molecule has 2 aliphatic heterocycles. The van der Waals surface area contributed by atoms with Crippen LogP contribution in [0.1, 0.15) is 46.4 Å². The van der Waals surface area contributed by atoms with Crippen LogP contribution in [0.4, 0.5) is 19.0 Å². The molecular formula is C22H32F3N7O2. The van der Waals surface area contributed by atoms with Crippen molar-refractivity contribution in [2.75, 3.05) is 37.6 Å². The molecule has 4 heterocycles. The molecule has 2 aromatic heterocycles. The highest BCUT2D eigenvalue weighted by atomic mass is 19.4. The minimum Gasteiger partial charge on any atom is -0.373 e. The Bertz CT molecular complexity index is 1010. The first-order valence-electron chi connectivity index (χ1n) is 11.7. The number of carbonyl (C=O) groups is 1. The third-order valence-electron chi connectivity index (χ3n) is 6.66. The number of morpholine rings is 1. The molecule has 0 radical (unpaired) electrons. The molecule has 4 rings (SSSR count). The van der Waals surface area contributed by atoms with Crippen molar-refractivity contribution in [3.63, 3.8) is 0 Å². The summed E-state index contributed by atoms with van der Waals surface area (Å²) < 4.78 is 46.0. The number of carbonyl (C=O) groups excluding carboxylic acids is 1. The molecule has 188 valence electrons. The number of nitrogens with zero attached hydrogens (tertiary/aromatic N) is 6. The minimum atomic E-state index is -4.64. The first-order chi connectivity index (χ1) is 15.9. The van der Waals surface area contributed by atoms with Crippen LogP contribution in [-0.4, -0.2) is 81.1 Å². The SMILES string of the molecule is C[C@@H]1CN(C(C)(C)CNC(=O)C2CCN(c3ccc4nnc(C(F)(F)F)n4n3)CC2)C[C@H](C)O1. The van der Waals surface area contributed by atoms with Gasteiger partial charge in [-0.2, -0.15) is 17.7 Å². The fraction of sp³-hybridized carbons (Fsp3) is 0.727. The van der Waals surface area contributed by atoms with Gasteiger partial charge in [0.15, 0.2) is 5.65 Å². The van der Waals surface area contributed by atoms with Crippen molar-refractivity contribution in [3.8, 4) is 0 Å². The lowest BCUT2D eigenvalue weighted by Gasteiger charge is -2.45. The molecule has 34 heavy (non-hydrogen) atoms. The van der Waals surface area contributed by atoms with Gasteiger partial charge in [-0.3, -0.25) is 9.69 Å². The topological polar surface area (TPSA) is 87.9 Å². The van der Waals surface area contributed by atoms with E-state index in [9.17, 15) is 18.0 Å². The predicted octanol–water partition coefficient (Wildman–Crippen LogP) is 2.36. The number of rotatable bonds is 5. The Hall–Kier alpha value is -2.47. The molecular weight excluding hydrogens is 451 g/mol. The molecule has 12 heteroatoms. The van der Waals surface area contributed by atoms with E-state index in [1.165, 1.54) is 6.07 Å². The van der Waals surface area contributed by atoms with Gasteiger partial charge >= 0.3 is 6.18 Å². The first-order valence-corrected chi connectivity index (χ1v) is 11.7. The lowest BCUT2D eigenvalue weighted by atomic mass is 9.94. The second-order valence-electron chi connectivity index (χ2n) is 9.94. The standard InChI is InChI=1S/C22H32F3N7O2/c1-14-11-31(12-15(2)34-14)21(3,4)13-26-19(33)16-7-9-30(10-8-16)18-6-5-17-27-28-20(22(23,24)25)32(17)29-18/h5-6,14-16H,7-13H2,1-4H3,(H,26,33)/t14-,15+. The van der Waals surface area contributed by atoms with Gasteiger partial charge in [0.25, 0.3) is 5.82 Å². The number of amides is 1. The van der Waals surface area contributed by atoms with E-state index in [1.807, 2.05) is 4.90 Å². The molecule has 9 nitrogen and oxygen atoms in total. The van der Waals surface area contributed by atoms with Gasteiger partial charge in [0, 0.05) is 44.2 Å². The molecule has 2 aromatic rings. The maximum atomic E-state index is 13.1. The second kappa shape index (κ2) is 9.29. The molecule has 0 bridgehead atoms. The van der Waals surface area contributed by atoms with Gasteiger partial charge in [0.05, 0.1) is 12.2 Å². The van der Waals surface area contributed by atoms with Gasteiger partial charge in [-0.15, -0.1) is 15.3 Å². The molecule has 2 fully saturated rings. The van der Waals surface area contributed by atoms with Crippen molar-refractivity contribution >= 4 is 17.4 Å². The number of anilines is 1. The van der Waals surface area contributed by atoms with Crippen LogP contribution in [0.15, 0.2) is 12.1 Å². The number of hydrogen-bond acceptors (Lipinski definition) is 7. The Morgan fingerprint density at radius 1 is 1.12 bits per heavy atom. The number of nitrogens with one attached hydrogen (secondary N) is 1. The summed E-state index contributed by atoms with van der Waals surface area (Å²) in [5, 5.41) is 14.0. The summed E-state index contributed by atoms with van der Waals surface area (Å²) in [6.45, 7) is 11.6. The molecule has 0 aromatic carbocycles. The number of ether oxygens (including phenoxy) is 1. The van der Waals surface area contributed by atoms with Crippen molar-refractivity contribution < 1.29 is 22.7 Å². The van der Waals surface area contributed by atoms with Crippen LogP contribution in [0.25, 0.3) is 5.65 Å². The Balaban J connectivity index is 1.32. The number of aromatic nitrogens is 4. The number of halogens is 3. The normalized spacial score (nSPS) is 23.4. The number of piperidine rings is 1. The summed E-state index contributed by atoms with van der Waals surface area (Å²) >= 11 is 0. The highest BCUT2D eigenvalue weighted by molar-refractivity contribution is 5.79. The smallest absolute Gasteiger partial charge is 0.373 e. The van der Waals surface area contributed by atoms with Crippen LogP contribution >= 0.6 is 0 Å². The summed E-state index contributed by atoms with van der Waals surface area (Å²) in [5.74, 6) is -0.860. The van der Waals surface area contributed by atoms with Crippen LogP contribution in [0.2, 0.25) is 0 Å². The van der Waals surface area contributed by atoms with Crippen LogP contribution in [-0.2, 0) is 15.7 Å². The zero-order valence-corrected chi connectivity index (χ0v) is 20.0. The molecule has 0 spiro atoms. The summed E-state index contributed by atoms with van der Waals surface area (Å²) in [7, 11) is 0. The average Bonchev–Trinajstić information content (AvgIpc) is 3.21. The third-order valence-corrected chi connectivity index (χ3v) is 6.66. The third kappa shape index (κ3) is 5.27. The fourth-order valence-electron chi connectivity index (χ4n) is 4.73. The van der Waals surface area contributed by atoms with Crippen molar-refractivity contribution in [3.05, 3.63) is 18.0 Å². The van der Waals surface area contributed by atoms with Crippen LogP contribution in [0.3, 0.4) is 0 Å². The number of hydrogen-bond donors (Lipinski definition) is 1. The van der Waals surface area contributed by atoms with Gasteiger partial charge in [-0.05, 0) is 52.7 Å². The Labute approximate surface area is 196 Å². The highest BCUT2D eigenvalue weighted by Gasteiger charge is 2.38. The quantitative estimate of drug-likeness (QED) is 0.699. The number of fused-ring (bicyclic) bond motifs is 1. The Morgan fingerprint density at radius 3 is 2.38 bits per heavy atom. The lowest BCUT2D eigenvalue weighted by Crippen LogP contribution is -2.59. The zero-order valence-electron chi connectivity index (χ0n) is 20.0. The van der Waals surface area contributed by atoms with Crippen LogP contribution in [0, 0.1) is 5.92 Å². The van der Waals surface area contributed by atoms with Gasteiger partial charge in [0.2, 0.25) is 5.91 Å². The summed E-state index contributed by atoms with van der Waals surface area (Å²) in [5.41, 5.74) is -0.159. The van der Waals surface area contributed by atoms with E-state index in [0.717, 1.165) is 17.6 Å². The molecule has 2 aliphatic rings. The monoisotopic (exact) mass is 483 g/mol. The zero-order chi connectivity index (χ0) is 24.7. The first kappa shape index (κ1) is 24.6. The molecule has 1 amide bonds. The van der Waals surface area contributed by atoms with Crippen molar-refractivity contribution in [2.45, 2.75) is 64.5 Å². The van der Waals surface area contributed by atoms with Crippen molar-refractivity contribution in [2.24, 2.45) is 5.92 Å². The maximum Gasteiger partial charge on any atom is 0.453 e. The minimum absolute atomic E-state index is 0.0173. The molecule has 1 N–H and O–H groups in total. The summed E-state index contributed by atoms with van der Waals surface area (Å²) in [4.78, 5) is 17.1. The number of alkyl halides is 3. The molecule has 0 aliphatic carbocycles. The van der Waals surface area contributed by atoms with E-state index in [1.54, 1.807) is 6.07 Å². The van der Waals surface area contributed by atoms with Gasteiger partial charge in [-0.25, -0.2) is 0 Å². The van der Waals surface area contributed by atoms with Crippen molar-refractivity contribution in [1.82, 2.24) is 30.0 Å². The Kier molecular flexibility index (Phi) is 6.74. The predicted molar refractivity (Wildman–Crippen MR) is 119 cm³/mol. The average molecular weight is 484 g/mol. The van der Waals surface area contributed by atoms with E-state index in [-0.39, 0.29) is 35.2 Å². The maximum absolute atomic E-state index is 13.1. The summed E-state index contributed by atoms with van der Waals surface area (Å²) in [6, 6.07) is 3.11. The second-order valence-corrected chi connectivity index (χ2v) is 9.94. The van der Waals surface area contributed by atoms with Crippen LogP contribution < -0.4 is 10.2 Å². The van der Waals surface area contributed by atoms with E-state index in [4.69, 9.17) is 4.74 Å². The van der Waals surface area contributed by atoms with Gasteiger partial charge < -0.3 is 15.0 Å². The van der Waals surface area contributed by atoms with Gasteiger partial charge in [0.1, 0.15) is 5.82 Å². The Morgan fingerprint density at radius 2 is 1.76 bits per heavy atom. The fourth-order valence-corrected chi connectivity index (χ4v) is 4.73. The van der Waals surface area contributed by atoms with E-state index >= 15 is 0 Å². The van der Waals surface area contributed by atoms with E-state index in [2.05, 4.69) is 53.2 Å². The molecule has 2 atom stereocenters. The van der Waals surface area contributed by atoms with Crippen molar-refractivity contribution in [1.29, 1.82) is 0 Å². The highest BCUT2D eigenvalue weighted by Crippen LogP contribution is 2.29. The van der Waals surface area contributed by atoms with E-state index in [0.29, 0.717) is 38.3 Å². The van der Waals surface area contributed by atoms with E-state index < -0.39 is 12.0 Å². The molecule has 0 saturated carbocycles. The van der Waals surface area contributed by atoms with Gasteiger partial charge in [-0.1, -0.05) is 0 Å². The summed E-state index contributed by atoms with van der Waals surface area (Å²) in [6.07, 6.45) is -3.12. The lowest BCUT2D eigenvalue weighted by molar-refractivity contribution is -0.146. The largest absolute Gasteiger partial charge is 0.453 e. The van der Waals surface area contributed by atoms with Crippen LogP contribution in [0.5, 0.6) is 0 Å².